The third kappa shape index (κ3) is 4.34. The molecule has 3 aromatic rings. The van der Waals surface area contributed by atoms with Gasteiger partial charge in [-0.2, -0.15) is 0 Å². The fraction of sp³-hybridized carbons (Fsp3) is 0.182. The number of pyridine rings is 1. The van der Waals surface area contributed by atoms with Crippen LogP contribution in [0.1, 0.15) is 10.5 Å². The first kappa shape index (κ1) is 18.9. The molecule has 2 aromatic carbocycles. The summed E-state index contributed by atoms with van der Waals surface area (Å²) in [5.41, 5.74) is 2.11. The minimum Gasteiger partial charge on any atom is -0.368 e. The van der Waals surface area contributed by atoms with E-state index in [1.165, 1.54) is 24.3 Å². The summed E-state index contributed by atoms with van der Waals surface area (Å²) in [4.78, 5) is 20.8. The molecule has 2 heterocycles. The highest BCUT2D eigenvalue weighted by molar-refractivity contribution is 6.03. The number of carbonyl (C=O) groups excluding carboxylic acids is 1. The van der Waals surface area contributed by atoms with Crippen molar-refractivity contribution in [1.29, 1.82) is 0 Å². The van der Waals surface area contributed by atoms with Crippen LogP contribution >= 0.6 is 0 Å². The van der Waals surface area contributed by atoms with Gasteiger partial charge in [0.2, 0.25) is 0 Å². The van der Waals surface area contributed by atoms with Gasteiger partial charge in [-0.05, 0) is 42.5 Å². The second-order valence-corrected chi connectivity index (χ2v) is 6.79. The molecule has 1 amide bonds. The lowest BCUT2D eigenvalue weighted by molar-refractivity contribution is 0.102. The van der Waals surface area contributed by atoms with Gasteiger partial charge in [-0.3, -0.25) is 9.78 Å². The summed E-state index contributed by atoms with van der Waals surface area (Å²) in [5.74, 6) is -1.04. The fourth-order valence-electron chi connectivity index (χ4n) is 3.42. The number of anilines is 3. The lowest BCUT2D eigenvalue weighted by atomic mass is 10.2. The van der Waals surface area contributed by atoms with E-state index in [1.807, 2.05) is 17.0 Å². The smallest absolute Gasteiger partial charge is 0.274 e. The van der Waals surface area contributed by atoms with Gasteiger partial charge in [0.15, 0.2) is 0 Å². The Labute approximate surface area is 167 Å². The van der Waals surface area contributed by atoms with Crippen molar-refractivity contribution in [2.45, 2.75) is 0 Å². The van der Waals surface area contributed by atoms with E-state index >= 15 is 0 Å². The summed E-state index contributed by atoms with van der Waals surface area (Å²) in [7, 11) is 0. The van der Waals surface area contributed by atoms with E-state index in [4.69, 9.17) is 0 Å². The summed E-state index contributed by atoms with van der Waals surface area (Å²) in [6.45, 7) is 2.74. The van der Waals surface area contributed by atoms with Gasteiger partial charge in [0.05, 0.1) is 5.69 Å². The molecule has 7 heteroatoms. The first-order valence-corrected chi connectivity index (χ1v) is 9.37. The lowest BCUT2D eigenvalue weighted by Gasteiger charge is -2.37. The Morgan fingerprint density at radius 1 is 0.897 bits per heavy atom. The summed E-state index contributed by atoms with van der Waals surface area (Å²) in [5, 5.41) is 2.65. The van der Waals surface area contributed by atoms with Crippen LogP contribution in [0.2, 0.25) is 0 Å². The average Bonchev–Trinajstić information content (AvgIpc) is 2.74. The van der Waals surface area contributed by atoms with E-state index in [9.17, 15) is 13.6 Å². The molecule has 1 aromatic heterocycles. The third-order valence-electron chi connectivity index (χ3n) is 4.90. The molecule has 1 aliphatic heterocycles. The monoisotopic (exact) mass is 394 g/mol. The maximum absolute atomic E-state index is 14.0. The van der Waals surface area contributed by atoms with E-state index in [-0.39, 0.29) is 11.5 Å². The van der Waals surface area contributed by atoms with Gasteiger partial charge >= 0.3 is 0 Å². The zero-order valence-corrected chi connectivity index (χ0v) is 15.7. The molecule has 1 fully saturated rings. The van der Waals surface area contributed by atoms with Crippen LogP contribution in [-0.4, -0.2) is 37.1 Å². The maximum Gasteiger partial charge on any atom is 0.274 e. The lowest BCUT2D eigenvalue weighted by Crippen LogP contribution is -2.46. The topological polar surface area (TPSA) is 48.5 Å². The van der Waals surface area contributed by atoms with Gasteiger partial charge in [0, 0.05) is 43.8 Å². The molecule has 29 heavy (non-hydrogen) atoms. The van der Waals surface area contributed by atoms with E-state index in [2.05, 4.69) is 15.2 Å². The number of aromatic nitrogens is 1. The average molecular weight is 394 g/mol. The van der Waals surface area contributed by atoms with Crippen LogP contribution in [0.3, 0.4) is 0 Å². The van der Waals surface area contributed by atoms with Crippen LogP contribution in [-0.2, 0) is 0 Å². The van der Waals surface area contributed by atoms with Crippen molar-refractivity contribution < 1.29 is 13.6 Å². The minimum absolute atomic E-state index is 0.221. The highest BCUT2D eigenvalue weighted by Gasteiger charge is 2.20. The van der Waals surface area contributed by atoms with Gasteiger partial charge in [-0.15, -0.1) is 0 Å². The van der Waals surface area contributed by atoms with E-state index in [0.717, 1.165) is 5.69 Å². The molecule has 0 aliphatic carbocycles. The Morgan fingerprint density at radius 2 is 1.66 bits per heavy atom. The zero-order chi connectivity index (χ0) is 20.2. The SMILES string of the molecule is O=C(Nc1cccc(F)c1)c1cc(N2CCN(c3ccccc3F)CC2)ccn1. The Hall–Kier alpha value is -3.48. The molecule has 1 saturated heterocycles. The van der Waals surface area contributed by atoms with Crippen molar-refractivity contribution in [1.82, 2.24) is 4.98 Å². The quantitative estimate of drug-likeness (QED) is 0.728. The van der Waals surface area contributed by atoms with Crippen molar-refractivity contribution in [2.24, 2.45) is 0 Å². The molecule has 148 valence electrons. The standard InChI is InChI=1S/C22H20F2N4O/c23-16-4-3-5-17(14-16)26-22(29)20-15-18(8-9-25-20)27-10-12-28(13-11-27)21-7-2-1-6-19(21)24/h1-9,14-15H,10-13H2,(H,26,29). The molecular weight excluding hydrogens is 374 g/mol. The Morgan fingerprint density at radius 3 is 2.41 bits per heavy atom. The molecule has 0 spiro atoms. The minimum atomic E-state index is -0.419. The fourth-order valence-corrected chi connectivity index (χ4v) is 3.42. The molecule has 0 saturated carbocycles. The van der Waals surface area contributed by atoms with Gasteiger partial charge in [0.25, 0.3) is 5.91 Å². The summed E-state index contributed by atoms with van der Waals surface area (Å²) in [6.07, 6.45) is 1.58. The molecule has 0 atom stereocenters. The number of carbonyl (C=O) groups is 1. The first-order chi connectivity index (χ1) is 14.1. The van der Waals surface area contributed by atoms with Crippen LogP contribution < -0.4 is 15.1 Å². The molecule has 0 bridgehead atoms. The summed E-state index contributed by atoms with van der Waals surface area (Å²) in [6, 6.07) is 16.0. The second kappa shape index (κ2) is 8.26. The third-order valence-corrected chi connectivity index (χ3v) is 4.90. The van der Waals surface area contributed by atoms with Crippen molar-refractivity contribution in [2.75, 3.05) is 41.3 Å². The number of para-hydroxylation sites is 1. The molecule has 4 rings (SSSR count). The number of hydrogen-bond donors (Lipinski definition) is 1. The zero-order valence-electron chi connectivity index (χ0n) is 15.7. The van der Waals surface area contributed by atoms with Crippen LogP contribution in [0.5, 0.6) is 0 Å². The van der Waals surface area contributed by atoms with Gasteiger partial charge in [0.1, 0.15) is 17.3 Å². The number of rotatable bonds is 4. The molecular formula is C22H20F2N4O. The van der Waals surface area contributed by atoms with Gasteiger partial charge in [-0.25, -0.2) is 8.78 Å². The number of benzene rings is 2. The number of nitrogens with zero attached hydrogens (tertiary/aromatic N) is 3. The summed E-state index contributed by atoms with van der Waals surface area (Å²) >= 11 is 0. The number of hydrogen-bond acceptors (Lipinski definition) is 4. The number of amides is 1. The Bertz CT molecular complexity index is 1020. The number of nitrogens with one attached hydrogen (secondary N) is 1. The van der Waals surface area contributed by atoms with Crippen LogP contribution in [0, 0.1) is 11.6 Å². The second-order valence-electron chi connectivity index (χ2n) is 6.79. The highest BCUT2D eigenvalue weighted by Crippen LogP contribution is 2.23. The molecule has 0 unspecified atom stereocenters. The largest absolute Gasteiger partial charge is 0.368 e. The molecule has 0 radical (unpaired) electrons. The van der Waals surface area contributed by atoms with E-state index in [0.29, 0.717) is 37.6 Å². The van der Waals surface area contributed by atoms with E-state index in [1.54, 1.807) is 30.5 Å². The number of piperazine rings is 1. The Balaban J connectivity index is 1.43. The van der Waals surface area contributed by atoms with Gasteiger partial charge in [-0.1, -0.05) is 18.2 Å². The normalized spacial score (nSPS) is 14.0. The van der Waals surface area contributed by atoms with Crippen LogP contribution in [0.15, 0.2) is 66.9 Å². The maximum atomic E-state index is 14.0. The molecule has 1 N–H and O–H groups in total. The van der Waals surface area contributed by atoms with E-state index < -0.39 is 11.7 Å². The first-order valence-electron chi connectivity index (χ1n) is 9.37. The van der Waals surface area contributed by atoms with Crippen molar-refractivity contribution in [3.05, 3.63) is 84.2 Å². The number of halogens is 2. The van der Waals surface area contributed by atoms with Crippen molar-refractivity contribution in [3.63, 3.8) is 0 Å². The summed E-state index contributed by atoms with van der Waals surface area (Å²) < 4.78 is 27.3. The molecule has 5 nitrogen and oxygen atoms in total. The predicted molar refractivity (Wildman–Crippen MR) is 109 cm³/mol. The van der Waals surface area contributed by atoms with Crippen molar-refractivity contribution >= 4 is 23.0 Å². The highest BCUT2D eigenvalue weighted by atomic mass is 19.1. The molecule has 1 aliphatic rings. The van der Waals surface area contributed by atoms with Gasteiger partial charge < -0.3 is 15.1 Å². The van der Waals surface area contributed by atoms with Crippen LogP contribution in [0.25, 0.3) is 0 Å². The van der Waals surface area contributed by atoms with Crippen LogP contribution in [0.4, 0.5) is 25.8 Å². The Kier molecular flexibility index (Phi) is 5.37. The van der Waals surface area contributed by atoms with Crippen molar-refractivity contribution in [3.8, 4) is 0 Å². The predicted octanol–water partition coefficient (Wildman–Crippen LogP) is 3.94.